The molecule has 7 heteroatoms. The van der Waals surface area contributed by atoms with Crippen LogP contribution in [0.1, 0.15) is 146 Å². The molecule has 0 atom stereocenters. The topological polar surface area (TPSA) is 102 Å². The molecule has 0 amide bonds. The Bertz CT molecular complexity index is 1440. The summed E-state index contributed by atoms with van der Waals surface area (Å²) in [7, 11) is 0. The number of carbonyl (C=O) groups is 2. The molecule has 7 nitrogen and oxygen atoms in total. The van der Waals surface area contributed by atoms with Gasteiger partial charge in [-0.05, 0) is 142 Å². The van der Waals surface area contributed by atoms with Crippen molar-refractivity contribution in [2.24, 2.45) is 11.3 Å². The highest BCUT2D eigenvalue weighted by Gasteiger charge is 2.28. The predicted octanol–water partition coefficient (Wildman–Crippen LogP) is 10.4. The van der Waals surface area contributed by atoms with Crippen LogP contribution >= 0.6 is 0 Å². The molecule has 1 fully saturated rings. The summed E-state index contributed by atoms with van der Waals surface area (Å²) in [6, 6.07) is 11.5. The molecule has 2 aromatic rings. The van der Waals surface area contributed by atoms with Crippen LogP contribution in [0.4, 0.5) is 0 Å². The van der Waals surface area contributed by atoms with Crippen LogP contribution in [-0.2, 0) is 38.3 Å². The fourth-order valence-corrected chi connectivity index (χ4v) is 7.87. The Hall–Kier alpha value is -3.42. The third-order valence-corrected chi connectivity index (χ3v) is 11.3. The summed E-state index contributed by atoms with van der Waals surface area (Å²) in [5.41, 5.74) is 7.23. The van der Waals surface area contributed by atoms with E-state index in [2.05, 4.69) is 57.3 Å². The molecule has 300 valence electrons. The van der Waals surface area contributed by atoms with Crippen LogP contribution in [0.2, 0.25) is 0 Å². The SMILES string of the molecule is C=C(C)C(=O)OCCCc1cc(-c2ccc(C3CCC(CCCCC)CC3)cc2CC)cc(CCCOC(=O)C(=C)C)c1OCCC(CO)(CO)CCC. The molecule has 1 aliphatic rings. The van der Waals surface area contributed by atoms with Crippen LogP contribution in [0.25, 0.3) is 11.1 Å². The third-order valence-electron chi connectivity index (χ3n) is 11.3. The van der Waals surface area contributed by atoms with E-state index in [1.54, 1.807) is 13.8 Å². The minimum atomic E-state index is -0.616. The average Bonchev–Trinajstić information content (AvgIpc) is 3.18. The van der Waals surface area contributed by atoms with Crippen molar-refractivity contribution < 1.29 is 34.0 Å². The normalized spacial score (nSPS) is 15.8. The molecular formula is C47H70O7. The van der Waals surface area contributed by atoms with Gasteiger partial charge in [-0.1, -0.05) is 84.2 Å². The van der Waals surface area contributed by atoms with E-state index in [1.807, 2.05) is 6.92 Å². The van der Waals surface area contributed by atoms with Gasteiger partial charge >= 0.3 is 11.9 Å². The number of rotatable bonds is 25. The van der Waals surface area contributed by atoms with E-state index in [4.69, 9.17) is 14.2 Å². The van der Waals surface area contributed by atoms with E-state index in [0.29, 0.717) is 62.2 Å². The lowest BCUT2D eigenvalue weighted by Gasteiger charge is -2.30. The first-order chi connectivity index (χ1) is 26.0. The molecule has 54 heavy (non-hydrogen) atoms. The summed E-state index contributed by atoms with van der Waals surface area (Å²) in [6.07, 6.45) is 15.9. The number of ether oxygens (including phenoxy) is 3. The standard InChI is InChI=1S/C47H70O7/c1-8-11-12-15-36-18-20-38(21-19-36)39-22-23-43(37(10-3)29-39)42-30-40(16-13-26-53-45(50)34(4)5)44(52-28-25-47(32-48,33-49)24-9-2)41(31-42)17-14-27-54-46(51)35(6)7/h22-23,29-31,36,38,48-49H,4,6,8-21,24-28,32-33H2,1-3,5,7H3. The van der Waals surface area contributed by atoms with Gasteiger partial charge in [0, 0.05) is 16.6 Å². The molecular weight excluding hydrogens is 677 g/mol. The molecule has 0 heterocycles. The summed E-state index contributed by atoms with van der Waals surface area (Å²) < 4.78 is 17.5. The van der Waals surface area contributed by atoms with E-state index in [0.717, 1.165) is 41.2 Å². The van der Waals surface area contributed by atoms with Gasteiger partial charge in [0.2, 0.25) is 0 Å². The molecule has 2 N–H and O–H groups in total. The van der Waals surface area contributed by atoms with Crippen LogP contribution in [0, 0.1) is 11.3 Å². The number of esters is 2. The zero-order valence-electron chi connectivity index (χ0n) is 34.2. The van der Waals surface area contributed by atoms with Gasteiger partial charge in [-0.15, -0.1) is 0 Å². The smallest absolute Gasteiger partial charge is 0.333 e. The molecule has 0 saturated heterocycles. The van der Waals surface area contributed by atoms with Crippen LogP contribution in [0.15, 0.2) is 54.6 Å². The van der Waals surface area contributed by atoms with Crippen molar-refractivity contribution in [1.82, 2.24) is 0 Å². The molecule has 0 aromatic heterocycles. The van der Waals surface area contributed by atoms with E-state index < -0.39 is 17.4 Å². The van der Waals surface area contributed by atoms with E-state index in [1.165, 1.54) is 68.1 Å². The quantitative estimate of drug-likeness (QED) is 0.0592. The highest BCUT2D eigenvalue weighted by atomic mass is 16.5. The molecule has 2 aromatic carbocycles. The highest BCUT2D eigenvalue weighted by molar-refractivity contribution is 5.87. The second-order valence-electron chi connectivity index (χ2n) is 15.8. The molecule has 0 spiro atoms. The number of hydrogen-bond acceptors (Lipinski definition) is 7. The molecule has 1 aliphatic carbocycles. The fourth-order valence-electron chi connectivity index (χ4n) is 7.87. The Morgan fingerprint density at radius 3 is 1.83 bits per heavy atom. The second kappa shape index (κ2) is 23.5. The summed E-state index contributed by atoms with van der Waals surface area (Å²) in [5, 5.41) is 20.4. The monoisotopic (exact) mass is 747 g/mol. The minimum Gasteiger partial charge on any atom is -0.493 e. The van der Waals surface area contributed by atoms with Crippen molar-refractivity contribution >= 4 is 11.9 Å². The van der Waals surface area contributed by atoms with Crippen molar-refractivity contribution in [3.8, 4) is 16.9 Å². The Kier molecular flexibility index (Phi) is 19.6. The first-order valence-corrected chi connectivity index (χ1v) is 20.8. The summed E-state index contributed by atoms with van der Waals surface area (Å²) in [6.45, 7) is 17.9. The highest BCUT2D eigenvalue weighted by Crippen LogP contribution is 2.41. The first-order valence-electron chi connectivity index (χ1n) is 20.8. The third kappa shape index (κ3) is 13.7. The predicted molar refractivity (Wildman–Crippen MR) is 220 cm³/mol. The lowest BCUT2D eigenvalue weighted by molar-refractivity contribution is -0.139. The maximum Gasteiger partial charge on any atom is 0.333 e. The van der Waals surface area contributed by atoms with Crippen LogP contribution in [0.5, 0.6) is 5.75 Å². The van der Waals surface area contributed by atoms with Crippen molar-refractivity contribution in [2.45, 2.75) is 143 Å². The van der Waals surface area contributed by atoms with Gasteiger partial charge in [0.05, 0.1) is 33.0 Å². The Morgan fingerprint density at radius 1 is 0.741 bits per heavy atom. The Morgan fingerprint density at radius 2 is 1.33 bits per heavy atom. The number of aryl methyl sites for hydroxylation is 3. The molecule has 3 rings (SSSR count). The minimum absolute atomic E-state index is 0.113. The van der Waals surface area contributed by atoms with Gasteiger partial charge in [-0.2, -0.15) is 0 Å². The lowest BCUT2D eigenvalue weighted by atomic mass is 9.76. The molecule has 0 aliphatic heterocycles. The van der Waals surface area contributed by atoms with Gasteiger partial charge in [0.15, 0.2) is 0 Å². The number of aliphatic hydroxyl groups excluding tert-OH is 2. The van der Waals surface area contributed by atoms with Crippen molar-refractivity contribution in [2.75, 3.05) is 33.0 Å². The maximum absolute atomic E-state index is 12.1. The largest absolute Gasteiger partial charge is 0.493 e. The van der Waals surface area contributed by atoms with E-state index >= 15 is 0 Å². The molecule has 0 bridgehead atoms. The number of hydrogen-bond donors (Lipinski definition) is 2. The van der Waals surface area contributed by atoms with Gasteiger partial charge in [-0.3, -0.25) is 0 Å². The number of carbonyl (C=O) groups excluding carboxylic acids is 2. The summed E-state index contributed by atoms with van der Waals surface area (Å²) >= 11 is 0. The number of benzene rings is 2. The number of unbranched alkanes of at least 4 members (excludes halogenated alkanes) is 2. The van der Waals surface area contributed by atoms with Gasteiger partial charge in [-0.25, -0.2) is 9.59 Å². The molecule has 0 unspecified atom stereocenters. The lowest BCUT2D eigenvalue weighted by Crippen LogP contribution is -2.31. The van der Waals surface area contributed by atoms with Crippen molar-refractivity contribution in [3.63, 3.8) is 0 Å². The fraction of sp³-hybridized carbons (Fsp3) is 0.617. The zero-order chi connectivity index (χ0) is 39.5. The number of aliphatic hydroxyl groups is 2. The molecule has 1 saturated carbocycles. The van der Waals surface area contributed by atoms with E-state index in [-0.39, 0.29) is 26.4 Å². The average molecular weight is 747 g/mol. The Balaban J connectivity index is 1.98. The second-order valence-corrected chi connectivity index (χ2v) is 15.8. The van der Waals surface area contributed by atoms with Crippen LogP contribution in [0.3, 0.4) is 0 Å². The summed E-state index contributed by atoms with van der Waals surface area (Å²) in [4.78, 5) is 24.3. The van der Waals surface area contributed by atoms with Crippen molar-refractivity contribution in [1.29, 1.82) is 0 Å². The van der Waals surface area contributed by atoms with Crippen LogP contribution < -0.4 is 4.74 Å². The van der Waals surface area contributed by atoms with Crippen LogP contribution in [-0.4, -0.2) is 55.2 Å². The van der Waals surface area contributed by atoms with Crippen molar-refractivity contribution in [3.05, 3.63) is 76.9 Å². The molecule has 0 radical (unpaired) electrons. The summed E-state index contributed by atoms with van der Waals surface area (Å²) in [5.74, 6) is 1.45. The van der Waals surface area contributed by atoms with Gasteiger partial charge in [0.1, 0.15) is 5.75 Å². The first kappa shape index (κ1) is 45.0. The maximum atomic E-state index is 12.1. The zero-order valence-corrected chi connectivity index (χ0v) is 34.2. The van der Waals surface area contributed by atoms with E-state index in [9.17, 15) is 19.8 Å². The van der Waals surface area contributed by atoms with Gasteiger partial charge < -0.3 is 24.4 Å². The van der Waals surface area contributed by atoms with Gasteiger partial charge in [0.25, 0.3) is 0 Å². The Labute approximate surface area is 326 Å².